The lowest BCUT2D eigenvalue weighted by atomic mass is 9.90. The van der Waals surface area contributed by atoms with E-state index in [4.69, 9.17) is 11.6 Å². The minimum Gasteiger partial charge on any atom is -0.361 e. The van der Waals surface area contributed by atoms with Crippen LogP contribution in [0.25, 0.3) is 10.9 Å². The average Bonchev–Trinajstić information content (AvgIpc) is 3.77. The van der Waals surface area contributed by atoms with Crippen LogP contribution in [0.15, 0.2) is 79.0 Å². The Morgan fingerprint density at radius 2 is 1.66 bits per heavy atom. The predicted molar refractivity (Wildman–Crippen MR) is 186 cm³/mol. The molecule has 0 radical (unpaired) electrons. The third-order valence-electron chi connectivity index (χ3n) is 10.2. The van der Waals surface area contributed by atoms with Crippen molar-refractivity contribution in [3.8, 4) is 0 Å². The Morgan fingerprint density at radius 3 is 2.45 bits per heavy atom. The second kappa shape index (κ2) is 13.9. The standard InChI is InChI=1S/C38H42ClN5O3/c39-31-12-13-35-29(21-31)20-26(24-42-16-6-7-17-42)25-44(35)38(47)34(22-30-23-40-33-11-5-4-10-32(30)33)41-36(45)27-14-18-43(19-15-27)37(46)28-8-2-1-3-9-28/h1-5,8-13,21,23,26-27,34,40H,6-7,14-20,22,24-25H2,(H,41,45)/t26-,34+/m0/s1. The topological polar surface area (TPSA) is 88.8 Å². The van der Waals surface area contributed by atoms with Crippen molar-refractivity contribution in [2.24, 2.45) is 11.8 Å². The summed E-state index contributed by atoms with van der Waals surface area (Å²) in [7, 11) is 0. The van der Waals surface area contributed by atoms with E-state index in [1.54, 1.807) is 0 Å². The molecule has 3 amide bonds. The lowest BCUT2D eigenvalue weighted by Crippen LogP contribution is -2.55. The van der Waals surface area contributed by atoms with E-state index in [0.29, 0.717) is 49.5 Å². The minimum absolute atomic E-state index is 0.01000. The van der Waals surface area contributed by atoms with E-state index >= 15 is 0 Å². The number of aromatic nitrogens is 1. The fourth-order valence-corrected chi connectivity index (χ4v) is 7.88. The van der Waals surface area contributed by atoms with Gasteiger partial charge in [-0.1, -0.05) is 48.0 Å². The maximum absolute atomic E-state index is 14.7. The highest BCUT2D eigenvalue weighted by Gasteiger charge is 2.36. The number of aromatic amines is 1. The first-order valence-electron chi connectivity index (χ1n) is 16.9. The van der Waals surface area contributed by atoms with Crippen LogP contribution < -0.4 is 10.2 Å². The quantitative estimate of drug-likeness (QED) is 0.256. The summed E-state index contributed by atoms with van der Waals surface area (Å²) >= 11 is 6.46. The molecule has 47 heavy (non-hydrogen) atoms. The summed E-state index contributed by atoms with van der Waals surface area (Å²) in [6.45, 7) is 4.75. The van der Waals surface area contributed by atoms with Crippen LogP contribution in [0.4, 0.5) is 5.69 Å². The molecule has 2 saturated heterocycles. The highest BCUT2D eigenvalue weighted by Crippen LogP contribution is 2.34. The summed E-state index contributed by atoms with van der Waals surface area (Å²) < 4.78 is 0. The number of carbonyl (C=O) groups excluding carboxylic acids is 3. The van der Waals surface area contributed by atoms with Crippen molar-refractivity contribution in [3.05, 3.63) is 101 Å². The van der Waals surface area contributed by atoms with Crippen LogP contribution in [0.2, 0.25) is 5.02 Å². The van der Waals surface area contributed by atoms with Gasteiger partial charge >= 0.3 is 0 Å². The molecule has 1 aromatic heterocycles. The third-order valence-corrected chi connectivity index (χ3v) is 10.4. The molecule has 8 nitrogen and oxygen atoms in total. The molecule has 244 valence electrons. The zero-order chi connectivity index (χ0) is 32.3. The van der Waals surface area contributed by atoms with Gasteiger partial charge in [0.25, 0.3) is 5.91 Å². The fourth-order valence-electron chi connectivity index (χ4n) is 7.68. The van der Waals surface area contributed by atoms with Crippen molar-refractivity contribution in [2.75, 3.05) is 44.2 Å². The number of fused-ring (bicyclic) bond motifs is 2. The van der Waals surface area contributed by atoms with Crippen LogP contribution in [0.1, 0.15) is 47.2 Å². The van der Waals surface area contributed by atoms with E-state index in [0.717, 1.165) is 53.8 Å². The number of anilines is 1. The number of halogens is 1. The number of likely N-dealkylation sites (tertiary alicyclic amines) is 2. The number of hydrogen-bond acceptors (Lipinski definition) is 4. The van der Waals surface area contributed by atoms with Gasteiger partial charge in [0.05, 0.1) is 0 Å². The van der Waals surface area contributed by atoms with Crippen molar-refractivity contribution in [1.29, 1.82) is 0 Å². The molecule has 3 aromatic carbocycles. The molecular weight excluding hydrogens is 610 g/mol. The average molecular weight is 652 g/mol. The molecule has 9 heteroatoms. The van der Waals surface area contributed by atoms with Gasteiger partial charge in [-0.3, -0.25) is 14.4 Å². The normalized spacial score (nSPS) is 19.5. The zero-order valence-corrected chi connectivity index (χ0v) is 27.4. The maximum atomic E-state index is 14.7. The van der Waals surface area contributed by atoms with E-state index in [2.05, 4.69) is 15.2 Å². The fraction of sp³-hybridized carbons (Fsp3) is 0.395. The van der Waals surface area contributed by atoms with E-state index in [9.17, 15) is 14.4 Å². The number of nitrogens with one attached hydrogen (secondary N) is 2. The number of para-hydroxylation sites is 1. The first-order chi connectivity index (χ1) is 22.9. The van der Waals surface area contributed by atoms with E-state index in [-0.39, 0.29) is 29.6 Å². The Balaban J connectivity index is 1.12. The molecule has 0 bridgehead atoms. The predicted octanol–water partition coefficient (Wildman–Crippen LogP) is 5.70. The number of H-pyrrole nitrogens is 1. The van der Waals surface area contributed by atoms with Crippen LogP contribution in [0.5, 0.6) is 0 Å². The Labute approximate surface area is 281 Å². The molecule has 2 fully saturated rings. The molecule has 3 aliphatic heterocycles. The summed E-state index contributed by atoms with van der Waals surface area (Å²) in [4.78, 5) is 51.2. The smallest absolute Gasteiger partial charge is 0.253 e. The Hall–Kier alpha value is -4.14. The molecule has 4 aromatic rings. The molecule has 0 spiro atoms. The van der Waals surface area contributed by atoms with Gasteiger partial charge in [0.1, 0.15) is 6.04 Å². The van der Waals surface area contributed by atoms with Crippen molar-refractivity contribution >= 4 is 45.9 Å². The van der Waals surface area contributed by atoms with Crippen molar-refractivity contribution in [1.82, 2.24) is 20.1 Å². The van der Waals surface area contributed by atoms with Gasteiger partial charge in [-0.25, -0.2) is 0 Å². The lowest BCUT2D eigenvalue weighted by molar-refractivity contribution is -0.131. The number of carbonyl (C=O) groups is 3. The molecule has 4 heterocycles. The van der Waals surface area contributed by atoms with Crippen LogP contribution in [0.3, 0.4) is 0 Å². The van der Waals surface area contributed by atoms with Crippen molar-refractivity contribution in [3.63, 3.8) is 0 Å². The van der Waals surface area contributed by atoms with Crippen LogP contribution in [-0.4, -0.2) is 77.8 Å². The number of hydrogen-bond donors (Lipinski definition) is 2. The van der Waals surface area contributed by atoms with Gasteiger partial charge < -0.3 is 25.0 Å². The molecule has 3 aliphatic rings. The van der Waals surface area contributed by atoms with Gasteiger partial charge in [0.15, 0.2) is 0 Å². The Morgan fingerprint density at radius 1 is 0.915 bits per heavy atom. The van der Waals surface area contributed by atoms with Gasteiger partial charge in [0, 0.05) is 71.9 Å². The highest BCUT2D eigenvalue weighted by molar-refractivity contribution is 6.30. The zero-order valence-electron chi connectivity index (χ0n) is 26.7. The monoisotopic (exact) mass is 651 g/mol. The molecule has 0 unspecified atom stereocenters. The molecule has 0 saturated carbocycles. The molecular formula is C38H42ClN5O3. The highest BCUT2D eigenvalue weighted by atomic mass is 35.5. The maximum Gasteiger partial charge on any atom is 0.253 e. The summed E-state index contributed by atoms with van der Waals surface area (Å²) in [5, 5.41) is 4.92. The van der Waals surface area contributed by atoms with E-state index < -0.39 is 6.04 Å². The molecule has 2 N–H and O–H groups in total. The van der Waals surface area contributed by atoms with Gasteiger partial charge in [-0.05, 0) is 98.6 Å². The summed E-state index contributed by atoms with van der Waals surface area (Å²) in [6.07, 6.45) is 6.74. The summed E-state index contributed by atoms with van der Waals surface area (Å²) in [5.41, 5.74) is 4.60. The number of nitrogens with zero attached hydrogens (tertiary/aromatic N) is 3. The largest absolute Gasteiger partial charge is 0.361 e. The summed E-state index contributed by atoms with van der Waals surface area (Å²) in [5.74, 6) is -0.237. The minimum atomic E-state index is -0.750. The Kier molecular flexibility index (Phi) is 9.32. The van der Waals surface area contributed by atoms with Crippen molar-refractivity contribution < 1.29 is 14.4 Å². The third kappa shape index (κ3) is 6.94. The van der Waals surface area contributed by atoms with Gasteiger partial charge in [-0.2, -0.15) is 0 Å². The molecule has 7 rings (SSSR count). The lowest BCUT2D eigenvalue weighted by Gasteiger charge is -2.38. The van der Waals surface area contributed by atoms with Gasteiger partial charge in [0.2, 0.25) is 11.8 Å². The number of benzene rings is 3. The van der Waals surface area contributed by atoms with E-state index in [1.807, 2.05) is 88.8 Å². The first kappa shape index (κ1) is 31.5. The number of piperidine rings is 1. The number of amides is 3. The SMILES string of the molecule is O=C(N[C@H](Cc1c[nH]c2ccccc12)C(=O)N1C[C@H](CN2CCCC2)Cc2cc(Cl)ccc21)C1CCN(C(=O)c2ccccc2)CC1. The van der Waals surface area contributed by atoms with Crippen molar-refractivity contribution in [2.45, 2.75) is 44.6 Å². The first-order valence-corrected chi connectivity index (χ1v) is 17.3. The second-order valence-corrected chi connectivity index (χ2v) is 13.8. The van der Waals surface area contributed by atoms with E-state index in [1.165, 1.54) is 12.8 Å². The van der Waals surface area contributed by atoms with Crippen LogP contribution >= 0.6 is 11.6 Å². The molecule has 2 atom stereocenters. The Bertz CT molecular complexity index is 1740. The second-order valence-electron chi connectivity index (χ2n) is 13.4. The van der Waals surface area contributed by atoms with Gasteiger partial charge in [-0.15, -0.1) is 0 Å². The summed E-state index contributed by atoms with van der Waals surface area (Å²) in [6, 6.07) is 22.4. The molecule has 0 aliphatic carbocycles. The van der Waals surface area contributed by atoms with Crippen LogP contribution in [0, 0.1) is 11.8 Å². The number of rotatable bonds is 8. The van der Waals surface area contributed by atoms with Crippen LogP contribution in [-0.2, 0) is 22.4 Å².